The molecule has 2 aliphatic heterocycles. The minimum Gasteiger partial charge on any atom is -0.381 e. The summed E-state index contributed by atoms with van der Waals surface area (Å²) in [7, 11) is 0. The van der Waals surface area contributed by atoms with Crippen molar-refractivity contribution < 1.29 is 9.53 Å². The van der Waals surface area contributed by atoms with Crippen LogP contribution in [0.4, 0.5) is 0 Å². The standard InChI is InChI=1S/C19H28N2O2.ClH/c22-19(13-18-7-4-10-20-18)21(14-16-5-2-1-3-6-16)15-17-8-11-23-12-9-17;/h1-3,5-6,17-18,20H,4,7-15H2;1H. The summed E-state index contributed by atoms with van der Waals surface area (Å²) in [6, 6.07) is 10.7. The Morgan fingerprint density at radius 1 is 1.17 bits per heavy atom. The Bertz CT molecular complexity index is 485. The molecule has 5 heteroatoms. The van der Waals surface area contributed by atoms with E-state index < -0.39 is 0 Å². The number of nitrogens with one attached hydrogen (secondary N) is 1. The van der Waals surface area contributed by atoms with Crippen LogP contribution in [0.2, 0.25) is 0 Å². The lowest BCUT2D eigenvalue weighted by atomic mass is 9.99. The molecule has 24 heavy (non-hydrogen) atoms. The molecule has 1 unspecified atom stereocenters. The van der Waals surface area contributed by atoms with Gasteiger partial charge in [0.2, 0.25) is 5.91 Å². The quantitative estimate of drug-likeness (QED) is 0.855. The number of amides is 1. The second-order valence-corrected chi connectivity index (χ2v) is 6.81. The summed E-state index contributed by atoms with van der Waals surface area (Å²) in [6.45, 7) is 4.31. The summed E-state index contributed by atoms with van der Waals surface area (Å²) in [5, 5.41) is 3.44. The number of hydrogen-bond donors (Lipinski definition) is 1. The summed E-state index contributed by atoms with van der Waals surface area (Å²) < 4.78 is 5.45. The average Bonchev–Trinajstić information content (AvgIpc) is 3.09. The van der Waals surface area contributed by atoms with Crippen molar-refractivity contribution in [2.24, 2.45) is 5.92 Å². The molecular formula is C19H29ClN2O2. The molecule has 0 aromatic heterocycles. The lowest BCUT2D eigenvalue weighted by Gasteiger charge is -2.30. The molecule has 2 saturated heterocycles. The van der Waals surface area contributed by atoms with Gasteiger partial charge in [0.15, 0.2) is 0 Å². The highest BCUT2D eigenvalue weighted by Crippen LogP contribution is 2.19. The van der Waals surface area contributed by atoms with E-state index in [0.717, 1.165) is 52.1 Å². The number of carbonyl (C=O) groups excluding carboxylic acids is 1. The van der Waals surface area contributed by atoms with Gasteiger partial charge >= 0.3 is 0 Å². The highest BCUT2D eigenvalue weighted by molar-refractivity contribution is 5.85. The first-order valence-electron chi connectivity index (χ1n) is 8.94. The minimum atomic E-state index is 0. The third kappa shape index (κ3) is 5.76. The SMILES string of the molecule is Cl.O=C(CC1CCCN1)N(Cc1ccccc1)CC1CCOCC1. The van der Waals surface area contributed by atoms with Crippen LogP contribution in [0.25, 0.3) is 0 Å². The molecule has 0 aliphatic carbocycles. The Hall–Kier alpha value is -1.10. The molecule has 2 aliphatic rings. The summed E-state index contributed by atoms with van der Waals surface area (Å²) >= 11 is 0. The van der Waals surface area contributed by atoms with Crippen LogP contribution in [-0.4, -0.2) is 43.2 Å². The number of nitrogens with zero attached hydrogens (tertiary/aromatic N) is 1. The Morgan fingerprint density at radius 3 is 2.58 bits per heavy atom. The van der Waals surface area contributed by atoms with E-state index in [0.29, 0.717) is 24.3 Å². The fourth-order valence-electron chi connectivity index (χ4n) is 3.57. The minimum absolute atomic E-state index is 0. The predicted octanol–water partition coefficient (Wildman–Crippen LogP) is 3.01. The van der Waals surface area contributed by atoms with Gasteiger partial charge in [-0.3, -0.25) is 4.79 Å². The molecule has 0 radical (unpaired) electrons. The van der Waals surface area contributed by atoms with E-state index >= 15 is 0 Å². The first-order valence-corrected chi connectivity index (χ1v) is 8.94. The highest BCUT2D eigenvalue weighted by atomic mass is 35.5. The van der Waals surface area contributed by atoms with Crippen LogP contribution in [0.1, 0.15) is 37.7 Å². The molecule has 1 N–H and O–H groups in total. The molecule has 0 spiro atoms. The van der Waals surface area contributed by atoms with E-state index in [9.17, 15) is 4.79 Å². The Labute approximate surface area is 151 Å². The van der Waals surface area contributed by atoms with Crippen molar-refractivity contribution in [1.29, 1.82) is 0 Å². The number of halogens is 1. The normalized spacial score (nSPS) is 21.2. The Morgan fingerprint density at radius 2 is 1.92 bits per heavy atom. The first-order chi connectivity index (χ1) is 11.3. The van der Waals surface area contributed by atoms with Gasteiger partial charge in [0.1, 0.15) is 0 Å². The van der Waals surface area contributed by atoms with Crippen LogP contribution in [-0.2, 0) is 16.1 Å². The number of carbonyl (C=O) groups is 1. The molecule has 134 valence electrons. The van der Waals surface area contributed by atoms with Gasteiger partial charge in [0.25, 0.3) is 0 Å². The summed E-state index contributed by atoms with van der Waals surface area (Å²) in [4.78, 5) is 14.9. The van der Waals surface area contributed by atoms with Crippen molar-refractivity contribution in [1.82, 2.24) is 10.2 Å². The fraction of sp³-hybridized carbons (Fsp3) is 0.632. The monoisotopic (exact) mass is 352 g/mol. The van der Waals surface area contributed by atoms with E-state index in [1.807, 2.05) is 18.2 Å². The van der Waals surface area contributed by atoms with E-state index in [-0.39, 0.29) is 12.4 Å². The molecule has 0 bridgehead atoms. The lowest BCUT2D eigenvalue weighted by Crippen LogP contribution is -2.39. The molecule has 1 aromatic rings. The van der Waals surface area contributed by atoms with Crippen molar-refractivity contribution in [3.8, 4) is 0 Å². The molecule has 0 saturated carbocycles. The topological polar surface area (TPSA) is 41.6 Å². The van der Waals surface area contributed by atoms with Gasteiger partial charge in [0, 0.05) is 38.8 Å². The van der Waals surface area contributed by atoms with Crippen molar-refractivity contribution in [3.05, 3.63) is 35.9 Å². The fourth-order valence-corrected chi connectivity index (χ4v) is 3.57. The van der Waals surface area contributed by atoms with Gasteiger partial charge in [-0.15, -0.1) is 12.4 Å². The summed E-state index contributed by atoms with van der Waals surface area (Å²) in [6.07, 6.45) is 5.09. The predicted molar refractivity (Wildman–Crippen MR) is 98.3 cm³/mol. The third-order valence-electron chi connectivity index (χ3n) is 4.97. The maximum absolute atomic E-state index is 12.8. The maximum atomic E-state index is 12.8. The molecule has 2 fully saturated rings. The zero-order valence-corrected chi connectivity index (χ0v) is 15.1. The number of ether oxygens (including phenoxy) is 1. The van der Waals surface area contributed by atoms with Gasteiger partial charge in [0.05, 0.1) is 0 Å². The van der Waals surface area contributed by atoms with Crippen molar-refractivity contribution in [2.45, 2.75) is 44.7 Å². The molecule has 1 aromatic carbocycles. The number of benzene rings is 1. The van der Waals surface area contributed by atoms with Gasteiger partial charge in [-0.1, -0.05) is 30.3 Å². The molecular weight excluding hydrogens is 324 g/mol. The average molecular weight is 353 g/mol. The van der Waals surface area contributed by atoms with Crippen molar-refractivity contribution in [2.75, 3.05) is 26.3 Å². The molecule has 4 nitrogen and oxygen atoms in total. The second kappa shape index (κ2) is 10.0. The second-order valence-electron chi connectivity index (χ2n) is 6.81. The van der Waals surface area contributed by atoms with Gasteiger partial charge in [-0.05, 0) is 43.7 Å². The Balaban J connectivity index is 0.00000208. The van der Waals surface area contributed by atoms with Gasteiger partial charge < -0.3 is 15.0 Å². The zero-order chi connectivity index (χ0) is 15.9. The Kier molecular flexibility index (Phi) is 8.03. The maximum Gasteiger partial charge on any atom is 0.224 e. The highest BCUT2D eigenvalue weighted by Gasteiger charge is 2.25. The van der Waals surface area contributed by atoms with E-state index in [1.54, 1.807) is 0 Å². The van der Waals surface area contributed by atoms with Gasteiger partial charge in [-0.25, -0.2) is 0 Å². The van der Waals surface area contributed by atoms with Crippen LogP contribution in [0.3, 0.4) is 0 Å². The third-order valence-corrected chi connectivity index (χ3v) is 4.97. The number of hydrogen-bond acceptors (Lipinski definition) is 3. The first kappa shape index (κ1) is 19.2. The largest absolute Gasteiger partial charge is 0.381 e. The smallest absolute Gasteiger partial charge is 0.224 e. The van der Waals surface area contributed by atoms with Crippen LogP contribution < -0.4 is 5.32 Å². The van der Waals surface area contributed by atoms with Crippen LogP contribution in [0.15, 0.2) is 30.3 Å². The molecule has 1 atom stereocenters. The van der Waals surface area contributed by atoms with Crippen molar-refractivity contribution in [3.63, 3.8) is 0 Å². The van der Waals surface area contributed by atoms with Crippen LogP contribution in [0, 0.1) is 5.92 Å². The van der Waals surface area contributed by atoms with Gasteiger partial charge in [-0.2, -0.15) is 0 Å². The van der Waals surface area contributed by atoms with E-state index in [1.165, 1.54) is 12.0 Å². The lowest BCUT2D eigenvalue weighted by molar-refractivity contribution is -0.133. The number of rotatable bonds is 6. The van der Waals surface area contributed by atoms with E-state index in [4.69, 9.17) is 4.74 Å². The summed E-state index contributed by atoms with van der Waals surface area (Å²) in [5.41, 5.74) is 1.22. The van der Waals surface area contributed by atoms with Crippen LogP contribution >= 0.6 is 12.4 Å². The zero-order valence-electron chi connectivity index (χ0n) is 14.3. The summed E-state index contributed by atoms with van der Waals surface area (Å²) in [5.74, 6) is 0.868. The van der Waals surface area contributed by atoms with E-state index in [2.05, 4.69) is 22.3 Å². The molecule has 3 rings (SSSR count). The molecule has 1 amide bonds. The molecule has 2 heterocycles. The van der Waals surface area contributed by atoms with Crippen LogP contribution in [0.5, 0.6) is 0 Å². The van der Waals surface area contributed by atoms with Crippen molar-refractivity contribution >= 4 is 18.3 Å².